The fourth-order valence-corrected chi connectivity index (χ4v) is 7.43. The number of ketones is 2. The van der Waals surface area contributed by atoms with Crippen LogP contribution in [0.1, 0.15) is 165 Å². The average molecular weight is 986 g/mol. The van der Waals surface area contributed by atoms with E-state index in [1.807, 2.05) is 27.7 Å². The van der Waals surface area contributed by atoms with Crippen molar-refractivity contribution in [2.45, 2.75) is 176 Å². The number of hydrogen-bond acceptors (Lipinski definition) is 13. The Morgan fingerprint density at radius 1 is 0.667 bits per heavy atom. The number of carbonyl (C=O) groups is 2. The molecule has 358 valence electrons. The van der Waals surface area contributed by atoms with Crippen LogP contribution < -0.4 is 16.9 Å². The Morgan fingerprint density at radius 2 is 1.10 bits per heavy atom. The molecule has 63 heavy (non-hydrogen) atoms. The summed E-state index contributed by atoms with van der Waals surface area (Å²) in [6.07, 6.45) is 5.56. The van der Waals surface area contributed by atoms with Crippen LogP contribution in [0.4, 0.5) is 0 Å². The maximum atomic E-state index is 12.1. The van der Waals surface area contributed by atoms with Crippen LogP contribution in [0.2, 0.25) is 36.3 Å². The molecule has 0 spiro atoms. The van der Waals surface area contributed by atoms with Gasteiger partial charge in [0.2, 0.25) is 0 Å². The number of carbonyl (C=O) groups excluding carboxylic acids is 2. The van der Waals surface area contributed by atoms with E-state index in [1.165, 1.54) is 18.2 Å². The van der Waals surface area contributed by atoms with E-state index in [0.717, 1.165) is 37.3 Å². The Balaban J connectivity index is 0.000000880. The molecule has 13 nitrogen and oxygen atoms in total. The molecule has 3 aromatic heterocycles. The van der Waals surface area contributed by atoms with Gasteiger partial charge in [-0.2, -0.15) is 0 Å². The Bertz CT molecular complexity index is 2040. The number of Topliss-reactive ketones (excluding diaryl/α,β-unsaturated/α-hetero) is 2. The SMILES string of the molecule is CC(C)(C)[Si](C)(C)OCCCBr.CCCC(=O)c1c(O)cc(C(C)CCCO[Si](C)(C)C(C)(C)C)oc1=O.CCCC(=O)c1c(O)cc(CC)oc1=O.CCc1cc(O)cc(=O)o1. The van der Waals surface area contributed by atoms with Crippen LogP contribution in [0.3, 0.4) is 0 Å². The van der Waals surface area contributed by atoms with Crippen LogP contribution in [0.15, 0.2) is 51.9 Å². The molecule has 1 unspecified atom stereocenters. The minimum absolute atomic E-state index is 0.0342. The third-order valence-corrected chi connectivity index (χ3v) is 20.7. The summed E-state index contributed by atoms with van der Waals surface area (Å²) in [5.41, 5.74) is -2.46. The second-order valence-electron chi connectivity index (χ2n) is 18.4. The quantitative estimate of drug-likeness (QED) is 0.0470. The van der Waals surface area contributed by atoms with Gasteiger partial charge in [-0.05, 0) is 68.4 Å². The van der Waals surface area contributed by atoms with Crippen LogP contribution in [-0.4, -0.2) is 62.1 Å². The fraction of sp³-hybridized carbons (Fsp3) is 0.638. The van der Waals surface area contributed by atoms with E-state index >= 15 is 0 Å². The molecule has 3 heterocycles. The van der Waals surface area contributed by atoms with Gasteiger partial charge in [-0.15, -0.1) is 0 Å². The van der Waals surface area contributed by atoms with Crippen molar-refractivity contribution >= 4 is 44.1 Å². The van der Waals surface area contributed by atoms with Crippen LogP contribution in [0.25, 0.3) is 0 Å². The molecule has 0 fully saturated rings. The van der Waals surface area contributed by atoms with Crippen molar-refractivity contribution in [1.82, 2.24) is 0 Å². The molecule has 1 atom stereocenters. The van der Waals surface area contributed by atoms with Gasteiger partial charge < -0.3 is 37.4 Å². The highest BCUT2D eigenvalue weighted by Gasteiger charge is 2.37. The zero-order chi connectivity index (χ0) is 48.9. The van der Waals surface area contributed by atoms with Crippen LogP contribution in [0.5, 0.6) is 17.2 Å². The minimum atomic E-state index is -1.75. The standard InChI is InChI=1S/C20H34O5Si.C11H14O4.C9H21BrOSi.C7H8O3/c1-8-10-15(21)18-16(22)13-17(25-19(18)23)14(2)11-9-12-24-26(6,7)20(3,4)5;1-3-5-8(12)10-9(13)6-7(4-2)15-11(10)14;1-9(2,3)12(4,5)11-8-6-7-10;1-2-6-3-5(8)4-7(9)10-6/h13-14,22H,8-12H2,1-7H3;6,13H,3-5H2,1-2H3;6-8H2,1-5H3;3-4,8H,2H2,1H3. The highest BCUT2D eigenvalue weighted by Crippen LogP contribution is 2.37. The molecule has 0 aliphatic heterocycles. The largest absolute Gasteiger partial charge is 0.508 e. The highest BCUT2D eigenvalue weighted by molar-refractivity contribution is 9.09. The molecule has 16 heteroatoms. The van der Waals surface area contributed by atoms with Gasteiger partial charge in [-0.3, -0.25) is 9.59 Å². The van der Waals surface area contributed by atoms with Crippen molar-refractivity contribution in [3.8, 4) is 17.2 Å². The number of aromatic hydroxyl groups is 3. The smallest absolute Gasteiger partial charge is 0.350 e. The van der Waals surface area contributed by atoms with Crippen LogP contribution >= 0.6 is 15.9 Å². The fourth-order valence-electron chi connectivity index (χ4n) is 5.03. The minimum Gasteiger partial charge on any atom is -0.508 e. The molecule has 0 radical (unpaired) electrons. The van der Waals surface area contributed by atoms with E-state index in [-0.39, 0.29) is 63.7 Å². The van der Waals surface area contributed by atoms with E-state index in [4.69, 9.17) is 27.2 Å². The summed E-state index contributed by atoms with van der Waals surface area (Å²) in [5, 5.41) is 30.0. The lowest BCUT2D eigenvalue weighted by atomic mass is 10.0. The van der Waals surface area contributed by atoms with Gasteiger partial charge in [0.05, 0.1) is 6.07 Å². The topological polar surface area (TPSA) is 204 Å². The van der Waals surface area contributed by atoms with Gasteiger partial charge >= 0.3 is 16.9 Å². The van der Waals surface area contributed by atoms with E-state index in [1.54, 1.807) is 6.92 Å². The van der Waals surface area contributed by atoms with Crippen LogP contribution in [-0.2, 0) is 21.7 Å². The molecule has 0 amide bonds. The number of rotatable bonds is 18. The number of alkyl halides is 1. The van der Waals surface area contributed by atoms with Crippen molar-refractivity contribution in [3.05, 3.63) is 83.9 Å². The summed E-state index contributed by atoms with van der Waals surface area (Å²) in [6, 6.07) is 5.20. The monoisotopic (exact) mass is 984 g/mol. The van der Waals surface area contributed by atoms with Crippen LogP contribution in [0, 0.1) is 0 Å². The zero-order valence-corrected chi connectivity index (χ0v) is 44.3. The molecule has 0 aliphatic rings. The summed E-state index contributed by atoms with van der Waals surface area (Å²) in [5.74, 6) is -0.0729. The molecule has 3 aromatic rings. The van der Waals surface area contributed by atoms with Crippen molar-refractivity contribution in [2.24, 2.45) is 0 Å². The lowest BCUT2D eigenvalue weighted by Crippen LogP contribution is -2.41. The van der Waals surface area contributed by atoms with Gasteiger partial charge in [0.15, 0.2) is 28.2 Å². The average Bonchev–Trinajstić information content (AvgIpc) is 3.15. The lowest BCUT2D eigenvalue weighted by Gasteiger charge is -2.36. The van der Waals surface area contributed by atoms with Gasteiger partial charge in [-0.1, -0.05) is 92.1 Å². The number of halogens is 1. The maximum absolute atomic E-state index is 12.1. The molecule has 3 N–H and O–H groups in total. The third-order valence-electron chi connectivity index (χ3n) is 11.0. The second-order valence-corrected chi connectivity index (χ2v) is 28.8. The van der Waals surface area contributed by atoms with Crippen molar-refractivity contribution < 1.29 is 47.0 Å². The van der Waals surface area contributed by atoms with E-state index in [2.05, 4.69) is 83.7 Å². The Kier molecular flexibility index (Phi) is 26.1. The molecule has 3 rings (SSSR count). The molecule has 0 bridgehead atoms. The first-order chi connectivity index (χ1) is 29.0. The number of hydrogen-bond donors (Lipinski definition) is 3. The van der Waals surface area contributed by atoms with Gasteiger partial charge in [0.25, 0.3) is 0 Å². The first kappa shape index (κ1) is 59.4. The Hall–Kier alpha value is -3.58. The van der Waals surface area contributed by atoms with Gasteiger partial charge in [-0.25, -0.2) is 14.4 Å². The molecular formula is C47H77BrO13Si2. The summed E-state index contributed by atoms with van der Waals surface area (Å²) in [4.78, 5) is 57.4. The summed E-state index contributed by atoms with van der Waals surface area (Å²) in [6.45, 7) is 33.3. The third kappa shape index (κ3) is 20.9. The van der Waals surface area contributed by atoms with Gasteiger partial charge in [0.1, 0.15) is 45.7 Å². The molecular weight excluding hydrogens is 909 g/mol. The molecule has 0 saturated heterocycles. The van der Waals surface area contributed by atoms with Crippen molar-refractivity contribution in [2.75, 3.05) is 18.5 Å². The summed E-state index contributed by atoms with van der Waals surface area (Å²) < 4.78 is 27.0. The highest BCUT2D eigenvalue weighted by atomic mass is 79.9. The first-order valence-electron chi connectivity index (χ1n) is 22.0. The Morgan fingerprint density at radius 3 is 1.48 bits per heavy atom. The summed E-state index contributed by atoms with van der Waals surface area (Å²) >= 11 is 3.40. The van der Waals surface area contributed by atoms with Crippen molar-refractivity contribution in [3.63, 3.8) is 0 Å². The Labute approximate surface area is 385 Å². The first-order valence-corrected chi connectivity index (χ1v) is 28.9. The molecule has 0 aromatic carbocycles. The lowest BCUT2D eigenvalue weighted by molar-refractivity contribution is 0.0965. The van der Waals surface area contributed by atoms with Gasteiger partial charge in [0, 0.05) is 68.3 Å². The zero-order valence-electron chi connectivity index (χ0n) is 40.7. The predicted molar refractivity (Wildman–Crippen MR) is 260 cm³/mol. The van der Waals surface area contributed by atoms with E-state index in [0.29, 0.717) is 54.6 Å². The molecule has 0 aliphatic carbocycles. The van der Waals surface area contributed by atoms with E-state index < -0.39 is 33.5 Å². The normalized spacial score (nSPS) is 12.2. The van der Waals surface area contributed by atoms with E-state index in [9.17, 15) is 34.2 Å². The number of aryl methyl sites for hydroxylation is 2. The maximum Gasteiger partial charge on any atom is 0.350 e. The summed E-state index contributed by atoms with van der Waals surface area (Å²) in [7, 11) is -3.22. The van der Waals surface area contributed by atoms with Crippen molar-refractivity contribution in [1.29, 1.82) is 0 Å². The molecule has 0 saturated carbocycles. The second kappa shape index (κ2) is 27.7. The predicted octanol–water partition coefficient (Wildman–Crippen LogP) is 11.8.